The fraction of sp³-hybridized carbons (Fsp3) is 0.417. The van der Waals surface area contributed by atoms with Gasteiger partial charge in [0.15, 0.2) is 11.5 Å². The van der Waals surface area contributed by atoms with E-state index >= 15 is 0 Å². The number of carboxylic acids is 1. The molecule has 0 aliphatic heterocycles. The van der Waals surface area contributed by atoms with E-state index in [1.807, 2.05) is 0 Å². The Morgan fingerprint density at radius 2 is 2.22 bits per heavy atom. The van der Waals surface area contributed by atoms with Gasteiger partial charge in [0, 0.05) is 29.1 Å². The first-order chi connectivity index (χ1) is 8.38. The third kappa shape index (κ3) is 3.05. The second-order valence-electron chi connectivity index (χ2n) is 3.99. The quantitative estimate of drug-likeness (QED) is 0.765. The van der Waals surface area contributed by atoms with Crippen LogP contribution in [0.2, 0.25) is 5.02 Å². The molecule has 0 saturated carbocycles. The van der Waals surface area contributed by atoms with Gasteiger partial charge in [-0.15, -0.1) is 0 Å². The van der Waals surface area contributed by atoms with Crippen LogP contribution in [0.1, 0.15) is 30.0 Å². The first-order valence-electron chi connectivity index (χ1n) is 5.41. The smallest absolute Gasteiger partial charge is 0.303 e. The van der Waals surface area contributed by atoms with Gasteiger partial charge < -0.3 is 20.7 Å². The van der Waals surface area contributed by atoms with E-state index in [1.54, 1.807) is 6.92 Å². The Balaban J connectivity index is 3.16. The molecule has 1 aromatic rings. The van der Waals surface area contributed by atoms with Gasteiger partial charge in [-0.25, -0.2) is 0 Å². The molecule has 1 rings (SSSR count). The number of phenols is 1. The number of hydrogen-bond acceptors (Lipinski definition) is 4. The van der Waals surface area contributed by atoms with Crippen molar-refractivity contribution in [1.29, 1.82) is 0 Å². The van der Waals surface area contributed by atoms with E-state index in [1.165, 1.54) is 13.2 Å². The van der Waals surface area contributed by atoms with Crippen molar-refractivity contribution in [2.24, 2.45) is 5.73 Å². The van der Waals surface area contributed by atoms with Crippen molar-refractivity contribution in [2.75, 3.05) is 7.11 Å². The molecule has 1 atom stereocenters. The van der Waals surface area contributed by atoms with E-state index < -0.39 is 12.0 Å². The number of nitrogens with two attached hydrogens (primary N) is 1. The molecule has 0 aliphatic carbocycles. The second-order valence-corrected chi connectivity index (χ2v) is 4.40. The second kappa shape index (κ2) is 5.93. The third-order valence-corrected chi connectivity index (χ3v) is 3.14. The fourth-order valence-electron chi connectivity index (χ4n) is 1.82. The zero-order chi connectivity index (χ0) is 13.9. The molecule has 0 amide bonds. The lowest BCUT2D eigenvalue weighted by atomic mass is 9.96. The number of ether oxygens (including phenoxy) is 1. The summed E-state index contributed by atoms with van der Waals surface area (Å²) < 4.78 is 5.10. The summed E-state index contributed by atoms with van der Waals surface area (Å²) >= 11 is 5.97. The number of carboxylic acid groups (broad SMARTS) is 1. The number of aromatic hydroxyl groups is 1. The highest BCUT2D eigenvalue weighted by molar-refractivity contribution is 6.31. The Hall–Kier alpha value is -1.46. The van der Waals surface area contributed by atoms with Crippen molar-refractivity contribution in [3.8, 4) is 11.5 Å². The molecule has 0 saturated heterocycles. The minimum absolute atomic E-state index is 0.0585. The van der Waals surface area contributed by atoms with Gasteiger partial charge >= 0.3 is 5.97 Å². The van der Waals surface area contributed by atoms with Gasteiger partial charge in [-0.05, 0) is 18.9 Å². The van der Waals surface area contributed by atoms with Gasteiger partial charge in [-0.1, -0.05) is 11.6 Å². The van der Waals surface area contributed by atoms with E-state index in [-0.39, 0.29) is 24.3 Å². The maximum Gasteiger partial charge on any atom is 0.303 e. The predicted octanol–water partition coefficient (Wildman–Crippen LogP) is 2.23. The van der Waals surface area contributed by atoms with Crippen molar-refractivity contribution in [1.82, 2.24) is 0 Å². The van der Waals surface area contributed by atoms with E-state index in [4.69, 9.17) is 27.2 Å². The van der Waals surface area contributed by atoms with Crippen LogP contribution in [0.3, 0.4) is 0 Å². The Bertz CT molecular complexity index is 462. The molecular formula is C12H16ClNO4. The van der Waals surface area contributed by atoms with Gasteiger partial charge in [0.2, 0.25) is 0 Å². The number of hydrogen-bond donors (Lipinski definition) is 3. The normalized spacial score (nSPS) is 12.2. The van der Waals surface area contributed by atoms with Crippen LogP contribution in [-0.2, 0) is 4.79 Å². The van der Waals surface area contributed by atoms with Crippen LogP contribution in [0.5, 0.6) is 11.5 Å². The van der Waals surface area contributed by atoms with Crippen LogP contribution in [0, 0.1) is 6.92 Å². The van der Waals surface area contributed by atoms with Gasteiger partial charge in [0.1, 0.15) is 0 Å². The zero-order valence-electron chi connectivity index (χ0n) is 10.2. The van der Waals surface area contributed by atoms with Crippen molar-refractivity contribution < 1.29 is 19.7 Å². The Kier molecular flexibility index (Phi) is 4.81. The molecule has 0 radical (unpaired) electrons. The van der Waals surface area contributed by atoms with Gasteiger partial charge in [-0.3, -0.25) is 4.79 Å². The molecule has 5 nitrogen and oxygen atoms in total. The first kappa shape index (κ1) is 14.6. The van der Waals surface area contributed by atoms with E-state index in [0.717, 1.165) is 0 Å². The van der Waals surface area contributed by atoms with Crippen LogP contribution >= 0.6 is 11.6 Å². The minimum Gasteiger partial charge on any atom is -0.504 e. The summed E-state index contributed by atoms with van der Waals surface area (Å²) in [5.41, 5.74) is 7.17. The van der Waals surface area contributed by atoms with Crippen LogP contribution in [0.4, 0.5) is 0 Å². The Morgan fingerprint density at radius 3 is 2.72 bits per heavy atom. The standard InChI is InChI=1S/C12H16ClNO4/c1-6-7(13)5-9(15)12(18-2)11(6)8(14)3-4-10(16)17/h5,8,15H,3-4,14H2,1-2H3,(H,16,17). The molecule has 18 heavy (non-hydrogen) atoms. The van der Waals surface area contributed by atoms with Crippen molar-refractivity contribution in [3.63, 3.8) is 0 Å². The molecule has 0 aromatic heterocycles. The minimum atomic E-state index is -0.923. The summed E-state index contributed by atoms with van der Waals surface area (Å²) in [7, 11) is 1.41. The highest BCUT2D eigenvalue weighted by Gasteiger charge is 2.21. The average Bonchev–Trinajstić information content (AvgIpc) is 2.30. The molecule has 4 N–H and O–H groups in total. The monoisotopic (exact) mass is 273 g/mol. The number of halogens is 1. The summed E-state index contributed by atoms with van der Waals surface area (Å²) in [6.45, 7) is 1.75. The van der Waals surface area contributed by atoms with Crippen LogP contribution < -0.4 is 10.5 Å². The van der Waals surface area contributed by atoms with Gasteiger partial charge in [0.05, 0.1) is 7.11 Å². The van der Waals surface area contributed by atoms with E-state index in [2.05, 4.69) is 0 Å². The summed E-state index contributed by atoms with van der Waals surface area (Å²) in [4.78, 5) is 10.5. The van der Waals surface area contributed by atoms with Gasteiger partial charge in [0.25, 0.3) is 0 Å². The van der Waals surface area contributed by atoms with Crippen LogP contribution in [-0.4, -0.2) is 23.3 Å². The maximum absolute atomic E-state index is 10.5. The highest BCUT2D eigenvalue weighted by Crippen LogP contribution is 2.40. The van der Waals surface area contributed by atoms with Crippen molar-refractivity contribution in [2.45, 2.75) is 25.8 Å². The average molecular weight is 274 g/mol. The number of carbonyl (C=O) groups is 1. The molecule has 1 aromatic carbocycles. The van der Waals surface area contributed by atoms with Crippen LogP contribution in [0.25, 0.3) is 0 Å². The Morgan fingerprint density at radius 1 is 1.61 bits per heavy atom. The topological polar surface area (TPSA) is 92.8 Å². The van der Waals surface area contributed by atoms with E-state index in [0.29, 0.717) is 16.1 Å². The number of benzene rings is 1. The summed E-state index contributed by atoms with van der Waals surface area (Å²) in [6.07, 6.45) is 0.184. The number of methoxy groups -OCH3 is 1. The highest BCUT2D eigenvalue weighted by atomic mass is 35.5. The molecule has 0 aliphatic rings. The summed E-state index contributed by atoms with van der Waals surface area (Å²) in [6, 6.07) is 0.823. The number of aliphatic carboxylic acids is 1. The summed E-state index contributed by atoms with van der Waals surface area (Å²) in [5, 5.41) is 18.8. The lowest BCUT2D eigenvalue weighted by molar-refractivity contribution is -0.137. The van der Waals surface area contributed by atoms with Gasteiger partial charge in [-0.2, -0.15) is 0 Å². The maximum atomic E-state index is 10.5. The number of phenolic OH excluding ortho intramolecular Hbond substituents is 1. The molecule has 0 spiro atoms. The molecule has 0 heterocycles. The Labute approximate surface area is 110 Å². The molecule has 1 unspecified atom stereocenters. The number of rotatable bonds is 5. The molecule has 100 valence electrons. The molecule has 0 fully saturated rings. The zero-order valence-corrected chi connectivity index (χ0v) is 11.0. The SMILES string of the molecule is COc1c(O)cc(Cl)c(C)c1C(N)CCC(=O)O. The first-order valence-corrected chi connectivity index (χ1v) is 5.79. The third-order valence-electron chi connectivity index (χ3n) is 2.75. The molecular weight excluding hydrogens is 258 g/mol. The summed E-state index contributed by atoms with van der Waals surface area (Å²) in [5.74, 6) is -0.781. The molecule has 0 bridgehead atoms. The lowest BCUT2D eigenvalue weighted by Crippen LogP contribution is -2.15. The van der Waals surface area contributed by atoms with Crippen LogP contribution in [0.15, 0.2) is 6.07 Å². The predicted molar refractivity (Wildman–Crippen MR) is 68.2 cm³/mol. The van der Waals surface area contributed by atoms with E-state index in [9.17, 15) is 9.90 Å². The van der Waals surface area contributed by atoms with Crippen molar-refractivity contribution in [3.05, 3.63) is 22.2 Å². The lowest BCUT2D eigenvalue weighted by Gasteiger charge is -2.19. The fourth-order valence-corrected chi connectivity index (χ4v) is 2.02. The van der Waals surface area contributed by atoms with Crippen molar-refractivity contribution >= 4 is 17.6 Å². The largest absolute Gasteiger partial charge is 0.504 e. The molecule has 6 heteroatoms.